The van der Waals surface area contributed by atoms with E-state index in [2.05, 4.69) is 21.0 Å². The highest BCUT2D eigenvalue weighted by Gasteiger charge is 2.28. The summed E-state index contributed by atoms with van der Waals surface area (Å²) in [5.41, 5.74) is 3.58. The summed E-state index contributed by atoms with van der Waals surface area (Å²) in [6, 6.07) is 6.00. The van der Waals surface area contributed by atoms with Crippen molar-refractivity contribution in [1.29, 1.82) is 0 Å². The Balaban J connectivity index is 1.32. The second-order valence-corrected chi connectivity index (χ2v) is 8.00. The Hall–Kier alpha value is -3.00. The van der Waals surface area contributed by atoms with Gasteiger partial charge < -0.3 is 18.9 Å². The third kappa shape index (κ3) is 2.95. The molecule has 3 aromatic rings. The van der Waals surface area contributed by atoms with E-state index in [4.69, 9.17) is 18.9 Å². The van der Waals surface area contributed by atoms with Crippen molar-refractivity contribution < 1.29 is 18.9 Å². The molecular formula is C21H17N3O4S. The minimum Gasteiger partial charge on any atom is -0.490 e. The summed E-state index contributed by atoms with van der Waals surface area (Å²) in [6.07, 6.45) is 6.15. The molecule has 3 aliphatic rings. The van der Waals surface area contributed by atoms with Gasteiger partial charge in [-0.25, -0.2) is 0 Å². The third-order valence-electron chi connectivity index (χ3n) is 5.25. The molecule has 0 saturated heterocycles. The summed E-state index contributed by atoms with van der Waals surface area (Å²) < 4.78 is 23.0. The molecule has 0 saturated carbocycles. The number of hydrogen-bond donors (Lipinski definition) is 0. The lowest BCUT2D eigenvalue weighted by atomic mass is 9.93. The quantitative estimate of drug-likeness (QED) is 0.639. The van der Waals surface area contributed by atoms with Crippen molar-refractivity contribution in [1.82, 2.24) is 15.0 Å². The van der Waals surface area contributed by atoms with Crippen LogP contribution in [0.5, 0.6) is 23.0 Å². The first-order valence-electron chi connectivity index (χ1n) is 9.47. The van der Waals surface area contributed by atoms with E-state index in [0.29, 0.717) is 43.0 Å². The van der Waals surface area contributed by atoms with E-state index in [1.54, 1.807) is 24.2 Å². The van der Waals surface area contributed by atoms with Gasteiger partial charge in [-0.1, -0.05) is 11.8 Å². The molecule has 0 amide bonds. The van der Waals surface area contributed by atoms with Gasteiger partial charge in [-0.05, 0) is 24.1 Å². The molecular weight excluding hydrogens is 390 g/mol. The predicted octanol–water partition coefficient (Wildman–Crippen LogP) is 3.47. The summed E-state index contributed by atoms with van der Waals surface area (Å²) in [5.74, 6) is 3.85. The van der Waals surface area contributed by atoms with E-state index < -0.39 is 0 Å². The van der Waals surface area contributed by atoms with Crippen LogP contribution in [0.15, 0.2) is 41.7 Å². The van der Waals surface area contributed by atoms with E-state index in [1.165, 1.54) is 0 Å². The van der Waals surface area contributed by atoms with Gasteiger partial charge in [0.05, 0.1) is 29.6 Å². The summed E-state index contributed by atoms with van der Waals surface area (Å²) in [5, 5.41) is 0. The highest BCUT2D eigenvalue weighted by molar-refractivity contribution is 7.99. The summed E-state index contributed by atoms with van der Waals surface area (Å²) >= 11 is 1.70. The molecule has 1 unspecified atom stereocenters. The summed E-state index contributed by atoms with van der Waals surface area (Å²) in [7, 11) is 0. The lowest BCUT2D eigenvalue weighted by Crippen LogP contribution is -2.21. The number of thioether (sulfide) groups is 1. The zero-order chi connectivity index (χ0) is 19.2. The topological polar surface area (TPSA) is 75.6 Å². The fourth-order valence-corrected chi connectivity index (χ4v) is 4.58. The van der Waals surface area contributed by atoms with Crippen LogP contribution >= 0.6 is 11.8 Å². The Labute approximate surface area is 171 Å². The molecule has 7 nitrogen and oxygen atoms in total. The van der Waals surface area contributed by atoms with Crippen molar-refractivity contribution in [2.45, 2.75) is 17.2 Å². The SMILES string of the molecule is c1cc2c(c(-c3cc4c(cn3)OCCO4)n1)OCC(c1cc3c(cn1)OCS3)C2. The van der Waals surface area contributed by atoms with Crippen molar-refractivity contribution in [2.24, 2.45) is 0 Å². The molecule has 0 fully saturated rings. The molecule has 6 heterocycles. The van der Waals surface area contributed by atoms with Gasteiger partial charge in [0.15, 0.2) is 17.2 Å². The van der Waals surface area contributed by atoms with Crippen LogP contribution in [0.3, 0.4) is 0 Å². The second kappa shape index (κ2) is 6.81. The van der Waals surface area contributed by atoms with Crippen LogP contribution in [0.1, 0.15) is 17.2 Å². The fraction of sp³-hybridized carbons (Fsp3) is 0.286. The van der Waals surface area contributed by atoms with Crippen molar-refractivity contribution >= 4 is 11.8 Å². The number of aromatic nitrogens is 3. The van der Waals surface area contributed by atoms with Crippen molar-refractivity contribution in [3.8, 4) is 34.4 Å². The van der Waals surface area contributed by atoms with Crippen LogP contribution < -0.4 is 18.9 Å². The fourth-order valence-electron chi connectivity index (χ4n) is 3.81. The molecule has 146 valence electrons. The van der Waals surface area contributed by atoms with E-state index in [9.17, 15) is 0 Å². The number of nitrogens with zero attached hydrogens (tertiary/aromatic N) is 3. The molecule has 29 heavy (non-hydrogen) atoms. The molecule has 0 spiro atoms. The van der Waals surface area contributed by atoms with Gasteiger partial charge in [0, 0.05) is 23.9 Å². The second-order valence-electron chi connectivity index (χ2n) is 7.04. The standard InChI is InChI=1S/C21H17N3O4S/c1-2-22-20(15-6-16-17(8-24-15)26-4-3-25-16)21-12(1)5-13(10-27-21)14-7-19-18(9-23-14)28-11-29-19/h1-2,6-9,13H,3-5,10-11H2. The molecule has 6 rings (SSSR count). The number of pyridine rings is 3. The minimum absolute atomic E-state index is 0.192. The van der Waals surface area contributed by atoms with E-state index in [-0.39, 0.29) is 5.92 Å². The highest BCUT2D eigenvalue weighted by atomic mass is 32.2. The average molecular weight is 407 g/mol. The first-order valence-corrected chi connectivity index (χ1v) is 10.5. The molecule has 3 aliphatic heterocycles. The molecule has 0 bridgehead atoms. The normalized spacial score (nSPS) is 19.0. The summed E-state index contributed by atoms with van der Waals surface area (Å²) in [6.45, 7) is 1.62. The lowest BCUT2D eigenvalue weighted by Gasteiger charge is -2.26. The summed E-state index contributed by atoms with van der Waals surface area (Å²) in [4.78, 5) is 14.8. The number of hydrogen-bond acceptors (Lipinski definition) is 8. The smallest absolute Gasteiger partial charge is 0.179 e. The average Bonchev–Trinajstić information content (AvgIpc) is 3.26. The van der Waals surface area contributed by atoms with Gasteiger partial charge in [-0.2, -0.15) is 0 Å². The van der Waals surface area contributed by atoms with Crippen LogP contribution in [0, 0.1) is 0 Å². The molecule has 3 aromatic heterocycles. The van der Waals surface area contributed by atoms with Crippen LogP contribution in [0.2, 0.25) is 0 Å². The molecule has 0 aliphatic carbocycles. The molecule has 8 heteroatoms. The van der Waals surface area contributed by atoms with Crippen molar-refractivity contribution in [3.05, 3.63) is 48.0 Å². The van der Waals surface area contributed by atoms with E-state index in [0.717, 1.165) is 39.8 Å². The Morgan fingerprint density at radius 2 is 1.79 bits per heavy atom. The van der Waals surface area contributed by atoms with Crippen molar-refractivity contribution in [3.63, 3.8) is 0 Å². The molecule has 0 radical (unpaired) electrons. The Bertz CT molecular complexity index is 1110. The van der Waals surface area contributed by atoms with E-state index >= 15 is 0 Å². The largest absolute Gasteiger partial charge is 0.490 e. The number of ether oxygens (including phenoxy) is 4. The van der Waals surface area contributed by atoms with Crippen LogP contribution in [0.25, 0.3) is 11.4 Å². The maximum atomic E-state index is 6.19. The van der Waals surface area contributed by atoms with Gasteiger partial charge in [-0.15, -0.1) is 0 Å². The molecule has 0 aromatic carbocycles. The number of rotatable bonds is 2. The molecule has 1 atom stereocenters. The third-order valence-corrected chi connectivity index (χ3v) is 6.12. The van der Waals surface area contributed by atoms with Gasteiger partial charge in [0.1, 0.15) is 30.6 Å². The Kier molecular flexibility index (Phi) is 3.97. The maximum absolute atomic E-state index is 6.19. The van der Waals surface area contributed by atoms with Crippen LogP contribution in [0.4, 0.5) is 0 Å². The van der Waals surface area contributed by atoms with Gasteiger partial charge in [0.2, 0.25) is 0 Å². The monoisotopic (exact) mass is 407 g/mol. The Morgan fingerprint density at radius 1 is 0.897 bits per heavy atom. The Morgan fingerprint density at radius 3 is 2.76 bits per heavy atom. The van der Waals surface area contributed by atoms with Gasteiger partial charge >= 0.3 is 0 Å². The van der Waals surface area contributed by atoms with Crippen LogP contribution in [-0.2, 0) is 6.42 Å². The first-order chi connectivity index (χ1) is 14.3. The van der Waals surface area contributed by atoms with Gasteiger partial charge in [0.25, 0.3) is 0 Å². The highest BCUT2D eigenvalue weighted by Crippen LogP contribution is 2.42. The van der Waals surface area contributed by atoms with Crippen molar-refractivity contribution in [2.75, 3.05) is 25.8 Å². The van der Waals surface area contributed by atoms with Gasteiger partial charge in [-0.3, -0.25) is 15.0 Å². The van der Waals surface area contributed by atoms with E-state index in [1.807, 2.05) is 18.3 Å². The van der Waals surface area contributed by atoms with Crippen LogP contribution in [-0.4, -0.2) is 40.7 Å². The first kappa shape index (κ1) is 16.9. The lowest BCUT2D eigenvalue weighted by molar-refractivity contribution is 0.171. The maximum Gasteiger partial charge on any atom is 0.179 e. The zero-order valence-corrected chi connectivity index (χ0v) is 16.3. The number of fused-ring (bicyclic) bond motifs is 3. The zero-order valence-electron chi connectivity index (χ0n) is 15.5. The predicted molar refractivity (Wildman–Crippen MR) is 106 cm³/mol. The molecule has 0 N–H and O–H groups in total. The minimum atomic E-state index is 0.192.